The molecular formula is C14H21N3O3S. The summed E-state index contributed by atoms with van der Waals surface area (Å²) in [6.07, 6.45) is 2.78. The van der Waals surface area contributed by atoms with Gasteiger partial charge < -0.3 is 21.5 Å². The smallest absolute Gasteiger partial charge is 0.241 e. The van der Waals surface area contributed by atoms with Crippen LogP contribution in [0.3, 0.4) is 0 Å². The first kappa shape index (κ1) is 17.3. The van der Waals surface area contributed by atoms with Gasteiger partial charge in [0.15, 0.2) is 0 Å². The summed E-state index contributed by atoms with van der Waals surface area (Å²) in [5, 5.41) is 2.75. The molecule has 5 N–H and O–H groups in total. The molecule has 1 aromatic carbocycles. The van der Waals surface area contributed by atoms with Gasteiger partial charge in [-0.2, -0.15) is 11.8 Å². The molecule has 21 heavy (non-hydrogen) atoms. The van der Waals surface area contributed by atoms with Gasteiger partial charge in [-0.15, -0.1) is 0 Å². The summed E-state index contributed by atoms with van der Waals surface area (Å²) in [7, 11) is 0. The van der Waals surface area contributed by atoms with Gasteiger partial charge in [-0.1, -0.05) is 0 Å². The van der Waals surface area contributed by atoms with Crippen LogP contribution >= 0.6 is 11.8 Å². The monoisotopic (exact) mass is 311 g/mol. The van der Waals surface area contributed by atoms with Crippen molar-refractivity contribution in [2.75, 3.05) is 23.9 Å². The van der Waals surface area contributed by atoms with Gasteiger partial charge in [0.25, 0.3) is 0 Å². The zero-order valence-corrected chi connectivity index (χ0v) is 12.8. The van der Waals surface area contributed by atoms with Crippen LogP contribution in [-0.2, 0) is 9.59 Å². The molecule has 0 radical (unpaired) electrons. The Morgan fingerprint density at radius 1 is 1.33 bits per heavy atom. The van der Waals surface area contributed by atoms with Crippen LogP contribution in [0.25, 0.3) is 0 Å². The van der Waals surface area contributed by atoms with Crippen molar-refractivity contribution >= 4 is 29.3 Å². The molecule has 116 valence electrons. The van der Waals surface area contributed by atoms with Gasteiger partial charge >= 0.3 is 0 Å². The average Bonchev–Trinajstić information content (AvgIpc) is 2.46. The highest BCUT2D eigenvalue weighted by Crippen LogP contribution is 2.16. The van der Waals surface area contributed by atoms with Crippen LogP contribution < -0.4 is 21.5 Å². The Morgan fingerprint density at radius 2 is 2.00 bits per heavy atom. The van der Waals surface area contributed by atoms with Crippen molar-refractivity contribution in [1.29, 1.82) is 0 Å². The molecule has 0 heterocycles. The SMILES string of the molecule is CSCC[C@H](N)C(=O)Nc1ccc(OCCC(N)=O)cc1. The van der Waals surface area contributed by atoms with Crippen LogP contribution in [0.15, 0.2) is 24.3 Å². The predicted octanol–water partition coefficient (Wildman–Crippen LogP) is 0.960. The van der Waals surface area contributed by atoms with Gasteiger partial charge in [-0.05, 0) is 42.7 Å². The number of ether oxygens (including phenoxy) is 1. The molecule has 7 heteroatoms. The van der Waals surface area contributed by atoms with E-state index in [2.05, 4.69) is 5.32 Å². The van der Waals surface area contributed by atoms with Crippen molar-refractivity contribution in [3.05, 3.63) is 24.3 Å². The first-order valence-electron chi connectivity index (χ1n) is 6.59. The molecule has 1 rings (SSSR count). The predicted molar refractivity (Wildman–Crippen MR) is 85.4 cm³/mol. The van der Waals surface area contributed by atoms with Gasteiger partial charge in [0.2, 0.25) is 11.8 Å². The summed E-state index contributed by atoms with van der Waals surface area (Å²) in [6, 6.07) is 6.36. The van der Waals surface area contributed by atoms with Crippen LogP contribution in [0.2, 0.25) is 0 Å². The number of nitrogens with two attached hydrogens (primary N) is 2. The Hall–Kier alpha value is -1.73. The molecule has 0 saturated heterocycles. The van der Waals surface area contributed by atoms with Crippen LogP contribution in [0.5, 0.6) is 5.75 Å². The van der Waals surface area contributed by atoms with E-state index in [1.807, 2.05) is 6.26 Å². The fraction of sp³-hybridized carbons (Fsp3) is 0.429. The summed E-state index contributed by atoms with van der Waals surface area (Å²) in [4.78, 5) is 22.4. The number of hydrogen-bond donors (Lipinski definition) is 3. The fourth-order valence-electron chi connectivity index (χ4n) is 1.51. The van der Waals surface area contributed by atoms with Crippen molar-refractivity contribution in [3.8, 4) is 5.75 Å². The topological polar surface area (TPSA) is 107 Å². The number of hydrogen-bond acceptors (Lipinski definition) is 5. The zero-order chi connectivity index (χ0) is 15.7. The van der Waals surface area contributed by atoms with E-state index in [0.717, 1.165) is 5.75 Å². The molecular weight excluding hydrogens is 290 g/mol. The number of anilines is 1. The highest BCUT2D eigenvalue weighted by atomic mass is 32.2. The molecule has 6 nitrogen and oxygen atoms in total. The lowest BCUT2D eigenvalue weighted by atomic mass is 10.2. The van der Waals surface area contributed by atoms with E-state index in [-0.39, 0.29) is 18.9 Å². The number of nitrogens with one attached hydrogen (secondary N) is 1. The molecule has 0 aliphatic carbocycles. The number of rotatable bonds is 9. The Labute approximate surface area is 128 Å². The normalized spacial score (nSPS) is 11.7. The molecule has 0 unspecified atom stereocenters. The highest BCUT2D eigenvalue weighted by molar-refractivity contribution is 7.98. The molecule has 1 aromatic rings. The summed E-state index contributed by atoms with van der Waals surface area (Å²) < 4.78 is 5.34. The number of thioether (sulfide) groups is 1. The van der Waals surface area contributed by atoms with E-state index in [1.54, 1.807) is 36.0 Å². The van der Waals surface area contributed by atoms with Gasteiger partial charge in [0.1, 0.15) is 5.75 Å². The van der Waals surface area contributed by atoms with E-state index in [0.29, 0.717) is 17.9 Å². The van der Waals surface area contributed by atoms with E-state index in [9.17, 15) is 9.59 Å². The Morgan fingerprint density at radius 3 is 2.57 bits per heavy atom. The van der Waals surface area contributed by atoms with Crippen molar-refractivity contribution in [1.82, 2.24) is 0 Å². The molecule has 2 amide bonds. The fourth-order valence-corrected chi connectivity index (χ4v) is 2.00. The highest BCUT2D eigenvalue weighted by Gasteiger charge is 2.12. The summed E-state index contributed by atoms with van der Waals surface area (Å²) in [5.41, 5.74) is 11.5. The van der Waals surface area contributed by atoms with Crippen LogP contribution in [0.4, 0.5) is 5.69 Å². The quantitative estimate of drug-likeness (QED) is 0.629. The van der Waals surface area contributed by atoms with Gasteiger partial charge in [-0.25, -0.2) is 0 Å². The molecule has 0 bridgehead atoms. The average molecular weight is 311 g/mol. The van der Waals surface area contributed by atoms with E-state index in [1.165, 1.54) is 0 Å². The van der Waals surface area contributed by atoms with Crippen molar-refractivity contribution in [2.24, 2.45) is 11.5 Å². The summed E-state index contributed by atoms with van der Waals surface area (Å²) in [5.74, 6) is 0.854. The lowest BCUT2D eigenvalue weighted by molar-refractivity contribution is -0.118. The number of carbonyl (C=O) groups is 2. The van der Waals surface area contributed by atoms with Crippen molar-refractivity contribution in [2.45, 2.75) is 18.9 Å². The van der Waals surface area contributed by atoms with Gasteiger partial charge in [-0.3, -0.25) is 9.59 Å². The maximum Gasteiger partial charge on any atom is 0.241 e. The first-order chi connectivity index (χ1) is 10.0. The Balaban J connectivity index is 2.43. The van der Waals surface area contributed by atoms with Gasteiger partial charge in [0, 0.05) is 5.69 Å². The van der Waals surface area contributed by atoms with Crippen molar-refractivity contribution in [3.63, 3.8) is 0 Å². The molecule has 0 fully saturated rings. The minimum absolute atomic E-state index is 0.169. The Bertz CT molecular complexity index is 465. The Kier molecular flexibility index (Phi) is 7.63. The van der Waals surface area contributed by atoms with Crippen LogP contribution in [0.1, 0.15) is 12.8 Å². The third kappa shape index (κ3) is 7.01. The lowest BCUT2D eigenvalue weighted by Gasteiger charge is -2.12. The number of amides is 2. The summed E-state index contributed by atoms with van der Waals surface area (Å²) in [6.45, 7) is 0.237. The number of carbonyl (C=O) groups excluding carboxylic acids is 2. The standard InChI is InChI=1S/C14H21N3O3S/c1-21-9-7-12(15)14(19)17-10-2-4-11(5-3-10)20-8-6-13(16)18/h2-5,12H,6-9,15H2,1H3,(H2,16,18)(H,17,19)/t12-/m0/s1. The van der Waals surface area contributed by atoms with E-state index in [4.69, 9.17) is 16.2 Å². The molecule has 0 saturated carbocycles. The molecule has 0 aliphatic rings. The second kappa shape index (κ2) is 9.25. The number of benzene rings is 1. The third-order valence-corrected chi connectivity index (χ3v) is 3.35. The summed E-state index contributed by atoms with van der Waals surface area (Å²) >= 11 is 1.66. The third-order valence-electron chi connectivity index (χ3n) is 2.71. The van der Waals surface area contributed by atoms with Crippen molar-refractivity contribution < 1.29 is 14.3 Å². The lowest BCUT2D eigenvalue weighted by Crippen LogP contribution is -2.36. The van der Waals surface area contributed by atoms with E-state index >= 15 is 0 Å². The maximum absolute atomic E-state index is 11.8. The molecule has 0 spiro atoms. The minimum atomic E-state index is -0.510. The number of primary amides is 1. The molecule has 1 atom stereocenters. The van der Waals surface area contributed by atoms with Crippen LogP contribution in [0, 0.1) is 0 Å². The van der Waals surface area contributed by atoms with E-state index < -0.39 is 11.9 Å². The second-order valence-electron chi connectivity index (χ2n) is 4.47. The largest absolute Gasteiger partial charge is 0.493 e. The molecule has 0 aromatic heterocycles. The minimum Gasteiger partial charge on any atom is -0.493 e. The van der Waals surface area contributed by atoms with Crippen LogP contribution in [-0.4, -0.2) is 36.5 Å². The molecule has 0 aliphatic heterocycles. The second-order valence-corrected chi connectivity index (χ2v) is 5.45. The maximum atomic E-state index is 11.8. The first-order valence-corrected chi connectivity index (χ1v) is 7.99. The van der Waals surface area contributed by atoms with Gasteiger partial charge in [0.05, 0.1) is 19.1 Å². The zero-order valence-electron chi connectivity index (χ0n) is 12.0.